The highest BCUT2D eigenvalue weighted by atomic mass is 16.6. The Bertz CT molecular complexity index is 720. The minimum Gasteiger partial charge on any atom is -0.494 e. The maximum absolute atomic E-state index is 11.8. The number of aromatic nitrogens is 1. The van der Waals surface area contributed by atoms with E-state index in [1.807, 2.05) is 6.92 Å². The summed E-state index contributed by atoms with van der Waals surface area (Å²) >= 11 is 0. The van der Waals surface area contributed by atoms with Gasteiger partial charge in [-0.05, 0) is 25.0 Å². The number of nitro groups is 1. The van der Waals surface area contributed by atoms with Gasteiger partial charge in [0.1, 0.15) is 17.0 Å². The highest BCUT2D eigenvalue weighted by molar-refractivity contribution is 6.04. The van der Waals surface area contributed by atoms with Crippen LogP contribution in [0.5, 0.6) is 5.75 Å². The summed E-state index contributed by atoms with van der Waals surface area (Å²) in [7, 11) is 0. The topological polar surface area (TPSA) is 97.3 Å². The van der Waals surface area contributed by atoms with Crippen LogP contribution in [-0.4, -0.2) is 29.0 Å². The molecule has 0 radical (unpaired) electrons. The van der Waals surface area contributed by atoms with Gasteiger partial charge in [-0.3, -0.25) is 14.9 Å². The van der Waals surface area contributed by atoms with Crippen LogP contribution in [0.25, 0.3) is 10.9 Å². The van der Waals surface area contributed by atoms with E-state index in [0.29, 0.717) is 41.9 Å². The van der Waals surface area contributed by atoms with E-state index in [-0.39, 0.29) is 11.6 Å². The summed E-state index contributed by atoms with van der Waals surface area (Å²) in [4.78, 5) is 25.4. The van der Waals surface area contributed by atoms with Crippen molar-refractivity contribution in [2.75, 3.05) is 13.2 Å². The number of non-ortho nitro benzene ring substituents is 1. The first-order valence-corrected chi connectivity index (χ1v) is 6.35. The first-order valence-electron chi connectivity index (χ1n) is 6.35. The van der Waals surface area contributed by atoms with E-state index >= 15 is 0 Å². The molecule has 0 unspecified atom stereocenters. The van der Waals surface area contributed by atoms with E-state index in [2.05, 4.69) is 10.3 Å². The molecule has 1 aliphatic rings. The Kier molecular flexibility index (Phi) is 2.81. The van der Waals surface area contributed by atoms with Gasteiger partial charge in [-0.1, -0.05) is 0 Å². The molecule has 1 aliphatic heterocycles. The van der Waals surface area contributed by atoms with Crippen molar-refractivity contribution in [2.24, 2.45) is 0 Å². The maximum Gasteiger partial charge on any atom is 0.297 e. The van der Waals surface area contributed by atoms with Crippen molar-refractivity contribution in [3.63, 3.8) is 0 Å². The molecule has 1 aromatic carbocycles. The molecular formula is C13H13N3O4. The van der Waals surface area contributed by atoms with Gasteiger partial charge in [-0.25, -0.2) is 0 Å². The fourth-order valence-electron chi connectivity index (χ4n) is 2.54. The van der Waals surface area contributed by atoms with Crippen molar-refractivity contribution in [1.29, 1.82) is 0 Å². The summed E-state index contributed by atoms with van der Waals surface area (Å²) in [6, 6.07) is 3.13. The number of rotatable bonds is 3. The predicted octanol–water partition coefficient (Wildman–Crippen LogP) is 1.76. The van der Waals surface area contributed by atoms with Crippen LogP contribution < -0.4 is 10.1 Å². The monoisotopic (exact) mass is 275 g/mol. The fraction of sp³-hybridized carbons (Fsp3) is 0.308. The molecule has 0 aliphatic carbocycles. The number of benzene rings is 1. The second-order valence-electron chi connectivity index (χ2n) is 4.54. The van der Waals surface area contributed by atoms with Crippen LogP contribution >= 0.6 is 0 Å². The predicted molar refractivity (Wildman–Crippen MR) is 72.2 cm³/mol. The minimum absolute atomic E-state index is 0.0758. The van der Waals surface area contributed by atoms with Gasteiger partial charge in [0.2, 0.25) is 0 Å². The summed E-state index contributed by atoms with van der Waals surface area (Å²) in [5.74, 6) is 0.217. The quantitative estimate of drug-likeness (QED) is 0.658. The van der Waals surface area contributed by atoms with Crippen molar-refractivity contribution in [1.82, 2.24) is 10.3 Å². The van der Waals surface area contributed by atoms with E-state index in [0.717, 1.165) is 5.56 Å². The smallest absolute Gasteiger partial charge is 0.297 e. The lowest BCUT2D eigenvalue weighted by Gasteiger charge is -2.12. The Balaban J connectivity index is 2.31. The second kappa shape index (κ2) is 4.52. The molecule has 1 amide bonds. The number of nitro benzene ring substituents is 1. The molecule has 2 N–H and O–H groups in total. The second-order valence-corrected chi connectivity index (χ2v) is 4.54. The third-order valence-corrected chi connectivity index (χ3v) is 3.36. The van der Waals surface area contributed by atoms with Gasteiger partial charge in [0.15, 0.2) is 0 Å². The van der Waals surface area contributed by atoms with Crippen LogP contribution in [0, 0.1) is 10.1 Å². The lowest BCUT2D eigenvalue weighted by Crippen LogP contribution is -2.31. The number of carbonyl (C=O) groups excluding carboxylic acids is 1. The van der Waals surface area contributed by atoms with Crippen molar-refractivity contribution in [2.45, 2.75) is 13.3 Å². The number of nitrogens with one attached hydrogen (secondary N) is 2. The molecule has 1 aromatic heterocycles. The van der Waals surface area contributed by atoms with Crippen LogP contribution in [0.15, 0.2) is 12.1 Å². The van der Waals surface area contributed by atoms with Gasteiger partial charge in [0.05, 0.1) is 17.6 Å². The molecule has 2 aromatic rings. The zero-order valence-electron chi connectivity index (χ0n) is 10.9. The Morgan fingerprint density at radius 2 is 2.25 bits per heavy atom. The summed E-state index contributed by atoms with van der Waals surface area (Å²) in [6.07, 6.45) is 0.647. The van der Waals surface area contributed by atoms with E-state index in [9.17, 15) is 14.9 Å². The number of nitrogens with zero attached hydrogens (tertiary/aromatic N) is 1. The Morgan fingerprint density at radius 3 is 2.95 bits per heavy atom. The van der Waals surface area contributed by atoms with Gasteiger partial charge in [-0.2, -0.15) is 0 Å². The molecular weight excluding hydrogens is 262 g/mol. The number of fused-ring (bicyclic) bond motifs is 3. The van der Waals surface area contributed by atoms with Crippen LogP contribution in [0.2, 0.25) is 0 Å². The van der Waals surface area contributed by atoms with E-state index in [1.165, 1.54) is 6.07 Å². The Labute approximate surface area is 114 Å². The zero-order chi connectivity index (χ0) is 14.3. The Hall–Kier alpha value is -2.57. The number of amides is 1. The lowest BCUT2D eigenvalue weighted by atomic mass is 10.0. The summed E-state index contributed by atoms with van der Waals surface area (Å²) in [5, 5.41) is 14.6. The average molecular weight is 275 g/mol. The van der Waals surface area contributed by atoms with Crippen molar-refractivity contribution in [3.05, 3.63) is 33.5 Å². The minimum atomic E-state index is -0.468. The number of hydrogen-bond donors (Lipinski definition) is 2. The largest absolute Gasteiger partial charge is 0.494 e. The van der Waals surface area contributed by atoms with Crippen molar-refractivity contribution >= 4 is 22.5 Å². The maximum atomic E-state index is 11.8. The number of H-pyrrole nitrogens is 1. The van der Waals surface area contributed by atoms with E-state index < -0.39 is 4.92 Å². The molecule has 2 heterocycles. The summed E-state index contributed by atoms with van der Waals surface area (Å²) in [5.41, 5.74) is 1.52. The van der Waals surface area contributed by atoms with Gasteiger partial charge in [-0.15, -0.1) is 0 Å². The molecule has 7 nitrogen and oxygen atoms in total. The van der Waals surface area contributed by atoms with Gasteiger partial charge < -0.3 is 15.0 Å². The molecule has 0 saturated heterocycles. The summed E-state index contributed by atoms with van der Waals surface area (Å²) in [6.45, 7) is 2.78. The van der Waals surface area contributed by atoms with Gasteiger partial charge >= 0.3 is 0 Å². The molecule has 0 spiro atoms. The molecule has 20 heavy (non-hydrogen) atoms. The molecule has 7 heteroatoms. The number of ether oxygens (including phenoxy) is 1. The third kappa shape index (κ3) is 1.78. The van der Waals surface area contributed by atoms with Crippen molar-refractivity contribution in [3.8, 4) is 5.75 Å². The normalized spacial score (nSPS) is 13.9. The highest BCUT2D eigenvalue weighted by Gasteiger charge is 2.26. The number of aromatic amines is 1. The molecule has 0 saturated carbocycles. The average Bonchev–Trinajstić information content (AvgIpc) is 2.78. The third-order valence-electron chi connectivity index (χ3n) is 3.36. The molecule has 0 fully saturated rings. The van der Waals surface area contributed by atoms with Crippen LogP contribution in [-0.2, 0) is 6.42 Å². The number of hydrogen-bond acceptors (Lipinski definition) is 4. The first-order chi connectivity index (χ1) is 9.61. The van der Waals surface area contributed by atoms with Crippen LogP contribution in [0.3, 0.4) is 0 Å². The molecule has 104 valence electrons. The zero-order valence-corrected chi connectivity index (χ0v) is 10.9. The summed E-state index contributed by atoms with van der Waals surface area (Å²) < 4.78 is 5.37. The highest BCUT2D eigenvalue weighted by Crippen LogP contribution is 2.35. The lowest BCUT2D eigenvalue weighted by molar-refractivity contribution is -0.383. The van der Waals surface area contributed by atoms with Gasteiger partial charge in [0, 0.05) is 11.9 Å². The molecule has 0 bridgehead atoms. The van der Waals surface area contributed by atoms with Crippen LogP contribution in [0.1, 0.15) is 23.0 Å². The van der Waals surface area contributed by atoms with E-state index in [1.54, 1.807) is 6.07 Å². The first kappa shape index (κ1) is 12.5. The Morgan fingerprint density at radius 1 is 1.45 bits per heavy atom. The molecule has 0 atom stereocenters. The standard InChI is InChI=1S/C13H13N3O4/c1-2-20-7-5-9-8-3-4-14-13(17)12(8)15-11(9)10(6-7)16(18)19/h5-6,15H,2-4H2,1H3,(H,14,17). The van der Waals surface area contributed by atoms with Gasteiger partial charge in [0.25, 0.3) is 11.6 Å². The number of carbonyl (C=O) groups is 1. The van der Waals surface area contributed by atoms with E-state index in [4.69, 9.17) is 4.74 Å². The fourth-order valence-corrected chi connectivity index (χ4v) is 2.54. The SMILES string of the molecule is CCOc1cc([N+](=O)[O-])c2[nH]c3c(c2c1)CCNC3=O. The van der Waals surface area contributed by atoms with Crippen molar-refractivity contribution < 1.29 is 14.5 Å². The molecule has 3 rings (SSSR count). The van der Waals surface area contributed by atoms with Crippen LogP contribution in [0.4, 0.5) is 5.69 Å².